The Morgan fingerprint density at radius 2 is 1.57 bits per heavy atom. The molecule has 0 spiro atoms. The van der Waals surface area contributed by atoms with Crippen molar-refractivity contribution in [1.82, 2.24) is 0 Å². The molecule has 142 valence electrons. The highest BCUT2D eigenvalue weighted by Crippen LogP contribution is 2.33. The molecule has 0 aliphatic rings. The van der Waals surface area contributed by atoms with Gasteiger partial charge in [-0.3, -0.25) is 4.79 Å². The topological polar surface area (TPSA) is 78.4 Å². The Morgan fingerprint density at radius 3 is 2.29 bits per heavy atom. The number of nitrogens with one attached hydrogen (secondary N) is 2. The molecule has 0 saturated heterocycles. The predicted molar refractivity (Wildman–Crippen MR) is 112 cm³/mol. The molecule has 5 nitrogen and oxygen atoms in total. The van der Waals surface area contributed by atoms with Crippen molar-refractivity contribution in [1.29, 1.82) is 0 Å². The zero-order valence-corrected chi connectivity index (χ0v) is 16.1. The fourth-order valence-electron chi connectivity index (χ4n) is 2.66. The highest BCUT2D eigenvalue weighted by Gasteiger charge is 2.12. The van der Waals surface area contributed by atoms with E-state index in [1.807, 2.05) is 24.3 Å². The highest BCUT2D eigenvalue weighted by molar-refractivity contribution is 6.39. The molecular weight excluding hydrogens is 399 g/mol. The van der Waals surface area contributed by atoms with Crippen molar-refractivity contribution < 1.29 is 14.7 Å². The molecule has 0 aliphatic heterocycles. The van der Waals surface area contributed by atoms with Gasteiger partial charge in [0.1, 0.15) is 0 Å². The van der Waals surface area contributed by atoms with E-state index in [1.165, 1.54) is 12.1 Å². The number of carboxylic acid groups (broad SMARTS) is 1. The molecule has 0 aliphatic carbocycles. The third-order valence-electron chi connectivity index (χ3n) is 3.98. The molecule has 0 unspecified atom stereocenters. The number of benzene rings is 3. The zero-order chi connectivity index (χ0) is 20.1. The zero-order valence-electron chi connectivity index (χ0n) is 14.6. The lowest BCUT2D eigenvalue weighted by molar-refractivity contribution is -0.115. The smallest absolute Gasteiger partial charge is 0.335 e. The Bertz CT molecular complexity index is 1020. The van der Waals surface area contributed by atoms with Crippen LogP contribution in [0.1, 0.15) is 15.9 Å². The van der Waals surface area contributed by atoms with Gasteiger partial charge < -0.3 is 15.7 Å². The normalized spacial score (nSPS) is 10.4. The monoisotopic (exact) mass is 414 g/mol. The van der Waals surface area contributed by atoms with Crippen molar-refractivity contribution in [3.05, 3.63) is 87.9 Å². The SMILES string of the molecule is O=C(Cc1ccccc1Nc1c(Cl)cccc1Cl)Nc1cccc(C(=O)O)c1. The molecule has 7 heteroatoms. The van der Waals surface area contributed by atoms with Crippen LogP contribution in [-0.2, 0) is 11.2 Å². The van der Waals surface area contributed by atoms with Gasteiger partial charge in [0.05, 0.1) is 27.7 Å². The summed E-state index contributed by atoms with van der Waals surface area (Å²) in [7, 11) is 0. The van der Waals surface area contributed by atoms with E-state index >= 15 is 0 Å². The summed E-state index contributed by atoms with van der Waals surface area (Å²) in [6.07, 6.45) is 0.0859. The number of carboxylic acids is 1. The predicted octanol–water partition coefficient (Wildman–Crippen LogP) is 5.62. The Kier molecular flexibility index (Phi) is 6.19. The molecular formula is C21H16Cl2N2O3. The summed E-state index contributed by atoms with van der Waals surface area (Å²) in [5.41, 5.74) is 2.53. The highest BCUT2D eigenvalue weighted by atomic mass is 35.5. The number of anilines is 3. The van der Waals surface area contributed by atoms with E-state index in [2.05, 4.69) is 10.6 Å². The average Bonchev–Trinajstić information content (AvgIpc) is 2.66. The molecule has 0 saturated carbocycles. The summed E-state index contributed by atoms with van der Waals surface area (Å²) >= 11 is 12.4. The van der Waals surface area contributed by atoms with E-state index in [0.29, 0.717) is 27.1 Å². The first-order valence-electron chi connectivity index (χ1n) is 8.36. The molecule has 0 heterocycles. The minimum absolute atomic E-state index is 0.0859. The fraction of sp³-hybridized carbons (Fsp3) is 0.0476. The van der Waals surface area contributed by atoms with Gasteiger partial charge in [0.15, 0.2) is 0 Å². The largest absolute Gasteiger partial charge is 0.478 e. The van der Waals surface area contributed by atoms with Crippen LogP contribution >= 0.6 is 23.2 Å². The van der Waals surface area contributed by atoms with Crippen LogP contribution in [0.5, 0.6) is 0 Å². The summed E-state index contributed by atoms with van der Waals surface area (Å²) in [5.74, 6) is -1.33. The van der Waals surface area contributed by atoms with Gasteiger partial charge in [-0.2, -0.15) is 0 Å². The minimum Gasteiger partial charge on any atom is -0.478 e. The molecule has 0 aromatic heterocycles. The molecule has 0 fully saturated rings. The van der Waals surface area contributed by atoms with Gasteiger partial charge in [-0.05, 0) is 42.0 Å². The van der Waals surface area contributed by atoms with E-state index in [1.54, 1.807) is 30.3 Å². The van der Waals surface area contributed by atoms with Crippen LogP contribution < -0.4 is 10.6 Å². The summed E-state index contributed by atoms with van der Waals surface area (Å²) in [6.45, 7) is 0. The van der Waals surface area contributed by atoms with Gasteiger partial charge in [-0.25, -0.2) is 4.79 Å². The van der Waals surface area contributed by atoms with Crippen LogP contribution in [0.4, 0.5) is 17.1 Å². The molecule has 3 N–H and O–H groups in total. The van der Waals surface area contributed by atoms with Crippen molar-refractivity contribution in [2.45, 2.75) is 6.42 Å². The number of hydrogen-bond donors (Lipinski definition) is 3. The minimum atomic E-state index is -1.05. The van der Waals surface area contributed by atoms with E-state index in [-0.39, 0.29) is 17.9 Å². The summed E-state index contributed by atoms with van der Waals surface area (Å²) in [6, 6.07) is 18.6. The number of carbonyl (C=O) groups excluding carboxylic acids is 1. The Hall–Kier alpha value is -3.02. The van der Waals surface area contributed by atoms with E-state index in [4.69, 9.17) is 28.3 Å². The lowest BCUT2D eigenvalue weighted by Crippen LogP contribution is -2.15. The quantitative estimate of drug-likeness (QED) is 0.489. The van der Waals surface area contributed by atoms with E-state index in [9.17, 15) is 9.59 Å². The second-order valence-electron chi connectivity index (χ2n) is 5.99. The van der Waals surface area contributed by atoms with Crippen LogP contribution in [-0.4, -0.2) is 17.0 Å². The fourth-order valence-corrected chi connectivity index (χ4v) is 3.15. The third kappa shape index (κ3) is 4.82. The van der Waals surface area contributed by atoms with Crippen LogP contribution in [0.3, 0.4) is 0 Å². The van der Waals surface area contributed by atoms with E-state index < -0.39 is 5.97 Å². The first-order valence-corrected chi connectivity index (χ1v) is 9.12. The Morgan fingerprint density at radius 1 is 0.893 bits per heavy atom. The first-order chi connectivity index (χ1) is 13.4. The summed E-state index contributed by atoms with van der Waals surface area (Å²) in [4.78, 5) is 23.5. The number of rotatable bonds is 6. The number of para-hydroxylation sites is 2. The van der Waals surface area contributed by atoms with Gasteiger partial charge in [0.2, 0.25) is 5.91 Å². The van der Waals surface area contributed by atoms with Gasteiger partial charge in [-0.15, -0.1) is 0 Å². The van der Waals surface area contributed by atoms with Crippen molar-refractivity contribution in [3.63, 3.8) is 0 Å². The lowest BCUT2D eigenvalue weighted by atomic mass is 10.1. The van der Waals surface area contributed by atoms with Gasteiger partial charge in [0, 0.05) is 11.4 Å². The summed E-state index contributed by atoms with van der Waals surface area (Å²) < 4.78 is 0. The van der Waals surface area contributed by atoms with Crippen LogP contribution in [0, 0.1) is 0 Å². The van der Waals surface area contributed by atoms with Gasteiger partial charge >= 0.3 is 5.97 Å². The molecule has 0 radical (unpaired) electrons. The van der Waals surface area contributed by atoms with Crippen LogP contribution in [0.2, 0.25) is 10.0 Å². The molecule has 3 aromatic rings. The van der Waals surface area contributed by atoms with Crippen molar-refractivity contribution >= 4 is 52.1 Å². The molecule has 3 aromatic carbocycles. The molecule has 1 amide bonds. The van der Waals surface area contributed by atoms with Crippen LogP contribution in [0.15, 0.2) is 66.7 Å². The molecule has 28 heavy (non-hydrogen) atoms. The van der Waals surface area contributed by atoms with Crippen LogP contribution in [0.25, 0.3) is 0 Å². The number of halogens is 2. The van der Waals surface area contributed by atoms with Crippen molar-refractivity contribution in [3.8, 4) is 0 Å². The number of amides is 1. The number of hydrogen-bond acceptors (Lipinski definition) is 3. The molecule has 0 atom stereocenters. The van der Waals surface area contributed by atoms with Gasteiger partial charge in [0.25, 0.3) is 0 Å². The Labute approximate surface area is 171 Å². The second-order valence-corrected chi connectivity index (χ2v) is 6.80. The maximum atomic E-state index is 12.5. The second kappa shape index (κ2) is 8.78. The maximum Gasteiger partial charge on any atom is 0.335 e. The van der Waals surface area contributed by atoms with E-state index in [0.717, 1.165) is 5.56 Å². The lowest BCUT2D eigenvalue weighted by Gasteiger charge is -2.14. The molecule has 3 rings (SSSR count). The van der Waals surface area contributed by atoms with Crippen molar-refractivity contribution in [2.24, 2.45) is 0 Å². The number of aromatic carboxylic acids is 1. The van der Waals surface area contributed by atoms with Crippen molar-refractivity contribution in [2.75, 3.05) is 10.6 Å². The third-order valence-corrected chi connectivity index (χ3v) is 4.61. The Balaban J connectivity index is 1.77. The maximum absolute atomic E-state index is 12.5. The first kappa shape index (κ1) is 19.7. The average molecular weight is 415 g/mol. The summed E-state index contributed by atoms with van der Waals surface area (Å²) in [5, 5.41) is 15.9. The standard InChI is InChI=1S/C21H16Cl2N2O3/c22-16-8-4-9-17(23)20(16)25-18-10-2-1-5-13(18)12-19(26)24-15-7-3-6-14(11-15)21(27)28/h1-11,25H,12H2,(H,24,26)(H,27,28). The van der Waals surface area contributed by atoms with Gasteiger partial charge in [-0.1, -0.05) is 53.5 Å². The molecule has 0 bridgehead atoms. The number of carbonyl (C=O) groups is 2.